The van der Waals surface area contributed by atoms with Crippen LogP contribution in [0.3, 0.4) is 0 Å². The molecule has 4 nitrogen and oxygen atoms in total. The Labute approximate surface area is 139 Å². The molecule has 0 bridgehead atoms. The van der Waals surface area contributed by atoms with Crippen LogP contribution < -0.4 is 14.2 Å². The Hall–Kier alpha value is -2.17. The normalized spacial score (nSPS) is 19.1. The Balaban J connectivity index is 1.90. The van der Waals surface area contributed by atoms with Gasteiger partial charge in [0.1, 0.15) is 18.0 Å². The van der Waals surface area contributed by atoms with Crippen molar-refractivity contribution >= 4 is 17.7 Å². The van der Waals surface area contributed by atoms with E-state index in [1.54, 1.807) is 44.6 Å². The van der Waals surface area contributed by atoms with Crippen LogP contribution in [0.2, 0.25) is 5.02 Å². The molecule has 0 heterocycles. The van der Waals surface area contributed by atoms with Gasteiger partial charge in [-0.25, -0.2) is 0 Å². The highest BCUT2D eigenvalue weighted by Crippen LogP contribution is 2.38. The zero-order valence-corrected chi connectivity index (χ0v) is 13.6. The third-order valence-corrected chi connectivity index (χ3v) is 3.99. The number of ether oxygens (including phenoxy) is 3. The van der Waals surface area contributed by atoms with Gasteiger partial charge in [-0.15, -0.1) is 0 Å². The van der Waals surface area contributed by atoms with Gasteiger partial charge in [0.15, 0.2) is 11.5 Å². The van der Waals surface area contributed by atoms with Gasteiger partial charge >= 0.3 is 0 Å². The summed E-state index contributed by atoms with van der Waals surface area (Å²) < 4.78 is 16.4. The Morgan fingerprint density at radius 1 is 1.04 bits per heavy atom. The molecule has 0 saturated carbocycles. The van der Waals surface area contributed by atoms with Crippen LogP contribution in [0.5, 0.6) is 17.2 Å². The molecule has 0 unspecified atom stereocenters. The average molecular weight is 333 g/mol. The van der Waals surface area contributed by atoms with Crippen LogP contribution >= 0.6 is 11.6 Å². The molecule has 1 aliphatic carbocycles. The number of methoxy groups -OCH3 is 2. The molecular formula is C18H17ClO4. The minimum absolute atomic E-state index is 0.501. The van der Waals surface area contributed by atoms with Crippen LogP contribution in [0.1, 0.15) is 17.2 Å². The fourth-order valence-electron chi connectivity index (χ4n) is 2.59. The number of fused-ring (bicyclic) bond motifs is 1. The van der Waals surface area contributed by atoms with Crippen LogP contribution in [-0.4, -0.2) is 25.4 Å². The van der Waals surface area contributed by atoms with Crippen LogP contribution in [0.4, 0.5) is 0 Å². The topological polar surface area (TPSA) is 47.9 Å². The number of aliphatic hydroxyl groups excluding tert-OH is 1. The van der Waals surface area contributed by atoms with Crippen molar-refractivity contribution in [2.75, 3.05) is 14.2 Å². The molecule has 0 radical (unpaired) electrons. The lowest BCUT2D eigenvalue weighted by Crippen LogP contribution is -2.26. The summed E-state index contributed by atoms with van der Waals surface area (Å²) in [5, 5.41) is 11.2. The number of benzene rings is 2. The van der Waals surface area contributed by atoms with Crippen LogP contribution in [-0.2, 0) is 0 Å². The Kier molecular flexibility index (Phi) is 4.46. The molecule has 1 N–H and O–H groups in total. The predicted octanol–water partition coefficient (Wildman–Crippen LogP) is 3.87. The summed E-state index contributed by atoms with van der Waals surface area (Å²) in [6.45, 7) is 0. The highest BCUT2D eigenvalue weighted by Gasteiger charge is 2.27. The molecule has 3 rings (SSSR count). The highest BCUT2D eigenvalue weighted by molar-refractivity contribution is 6.30. The Morgan fingerprint density at radius 3 is 2.48 bits per heavy atom. The molecule has 0 spiro atoms. The zero-order chi connectivity index (χ0) is 16.4. The number of rotatable bonds is 4. The van der Waals surface area contributed by atoms with Gasteiger partial charge in [0.05, 0.1) is 14.2 Å². The van der Waals surface area contributed by atoms with Crippen LogP contribution in [0, 0.1) is 0 Å². The van der Waals surface area contributed by atoms with Gasteiger partial charge in [-0.1, -0.05) is 23.7 Å². The fourth-order valence-corrected chi connectivity index (χ4v) is 2.77. The van der Waals surface area contributed by atoms with Crippen molar-refractivity contribution in [2.24, 2.45) is 0 Å². The lowest BCUT2D eigenvalue weighted by molar-refractivity contribution is 0.0621. The monoisotopic (exact) mass is 332 g/mol. The third-order valence-electron chi connectivity index (χ3n) is 3.75. The van der Waals surface area contributed by atoms with E-state index in [1.807, 2.05) is 18.2 Å². The van der Waals surface area contributed by atoms with E-state index >= 15 is 0 Å². The molecule has 5 heteroatoms. The van der Waals surface area contributed by atoms with Crippen molar-refractivity contribution in [3.63, 3.8) is 0 Å². The van der Waals surface area contributed by atoms with E-state index in [1.165, 1.54) is 0 Å². The fraction of sp³-hybridized carbons (Fsp3) is 0.222. The van der Waals surface area contributed by atoms with Gasteiger partial charge in [0, 0.05) is 5.02 Å². The van der Waals surface area contributed by atoms with Crippen molar-refractivity contribution < 1.29 is 19.3 Å². The van der Waals surface area contributed by atoms with E-state index in [4.69, 9.17) is 25.8 Å². The van der Waals surface area contributed by atoms with E-state index in [-0.39, 0.29) is 0 Å². The molecule has 120 valence electrons. The first-order chi connectivity index (χ1) is 11.1. The maximum atomic E-state index is 10.6. The van der Waals surface area contributed by atoms with Crippen LogP contribution in [0.15, 0.2) is 42.5 Å². The van der Waals surface area contributed by atoms with Crippen molar-refractivity contribution in [2.45, 2.75) is 12.2 Å². The highest BCUT2D eigenvalue weighted by atomic mass is 35.5. The molecule has 0 aliphatic heterocycles. The molecule has 0 aromatic heterocycles. The molecule has 23 heavy (non-hydrogen) atoms. The van der Waals surface area contributed by atoms with E-state index < -0.39 is 12.2 Å². The first-order valence-corrected chi connectivity index (χ1v) is 7.54. The largest absolute Gasteiger partial charge is 0.493 e. The number of hydrogen-bond donors (Lipinski definition) is 1. The molecule has 0 fully saturated rings. The van der Waals surface area contributed by atoms with Crippen molar-refractivity contribution in [3.8, 4) is 17.2 Å². The molecule has 2 atom stereocenters. The Morgan fingerprint density at radius 2 is 1.78 bits per heavy atom. The summed E-state index contributed by atoms with van der Waals surface area (Å²) in [7, 11) is 3.15. The van der Waals surface area contributed by atoms with E-state index in [2.05, 4.69) is 0 Å². The maximum absolute atomic E-state index is 10.6. The quantitative estimate of drug-likeness (QED) is 0.923. The SMILES string of the molecule is COc1cc2c(cc1OC)[C@H](O)[C@@H](Oc1cccc(Cl)c1)C=C2. The summed E-state index contributed by atoms with van der Waals surface area (Å²) in [5.41, 5.74) is 1.61. The van der Waals surface area contributed by atoms with E-state index in [0.717, 1.165) is 11.1 Å². The standard InChI is InChI=1S/C18H17ClO4/c1-21-16-8-11-6-7-15(18(20)14(11)10-17(16)22-2)23-13-5-3-4-12(19)9-13/h3-10,15,18,20H,1-2H3/t15-,18-/m0/s1. The van der Waals surface area contributed by atoms with Gasteiger partial charge in [-0.3, -0.25) is 0 Å². The Bertz CT molecular complexity index is 742. The maximum Gasteiger partial charge on any atom is 0.161 e. The van der Waals surface area contributed by atoms with Crippen molar-refractivity contribution in [1.29, 1.82) is 0 Å². The summed E-state index contributed by atoms with van der Waals surface area (Å²) in [6.07, 6.45) is 2.41. The summed E-state index contributed by atoms with van der Waals surface area (Å²) in [4.78, 5) is 0. The third kappa shape index (κ3) is 3.14. The van der Waals surface area contributed by atoms with E-state index in [9.17, 15) is 5.11 Å². The lowest BCUT2D eigenvalue weighted by Gasteiger charge is -2.27. The molecule has 1 aliphatic rings. The molecule has 0 saturated heterocycles. The first-order valence-electron chi connectivity index (χ1n) is 7.17. The van der Waals surface area contributed by atoms with E-state index in [0.29, 0.717) is 22.3 Å². The van der Waals surface area contributed by atoms with Crippen molar-refractivity contribution in [1.82, 2.24) is 0 Å². The summed E-state index contributed by atoms with van der Waals surface area (Å²) >= 11 is 5.96. The summed E-state index contributed by atoms with van der Waals surface area (Å²) in [6, 6.07) is 10.7. The first kappa shape index (κ1) is 15.7. The summed E-state index contributed by atoms with van der Waals surface area (Å²) in [5.74, 6) is 1.80. The van der Waals surface area contributed by atoms with Gasteiger partial charge in [0.25, 0.3) is 0 Å². The van der Waals surface area contributed by atoms with Gasteiger partial charge in [-0.05, 0) is 47.5 Å². The number of halogens is 1. The molecule has 0 amide bonds. The minimum atomic E-state index is -0.811. The second-order valence-electron chi connectivity index (χ2n) is 5.18. The average Bonchev–Trinajstić information content (AvgIpc) is 2.56. The van der Waals surface area contributed by atoms with Gasteiger partial charge in [0.2, 0.25) is 0 Å². The minimum Gasteiger partial charge on any atom is -0.493 e. The molecule has 2 aromatic rings. The van der Waals surface area contributed by atoms with Crippen molar-refractivity contribution in [3.05, 3.63) is 58.6 Å². The zero-order valence-electron chi connectivity index (χ0n) is 12.8. The van der Waals surface area contributed by atoms with Crippen LogP contribution in [0.25, 0.3) is 6.08 Å². The molecule has 2 aromatic carbocycles. The smallest absolute Gasteiger partial charge is 0.161 e. The van der Waals surface area contributed by atoms with Gasteiger partial charge in [-0.2, -0.15) is 0 Å². The molecular weight excluding hydrogens is 316 g/mol. The second-order valence-corrected chi connectivity index (χ2v) is 5.62. The number of hydrogen-bond acceptors (Lipinski definition) is 4. The predicted molar refractivity (Wildman–Crippen MR) is 89.4 cm³/mol. The van der Waals surface area contributed by atoms with Gasteiger partial charge < -0.3 is 19.3 Å². The second kappa shape index (κ2) is 6.52. The number of aliphatic hydroxyl groups is 1. The lowest BCUT2D eigenvalue weighted by atomic mass is 9.92.